The summed E-state index contributed by atoms with van der Waals surface area (Å²) in [6.07, 6.45) is -0.157. The second-order valence-electron chi connectivity index (χ2n) is 22.7. The molecule has 0 saturated carbocycles. The number of unbranched alkanes of at least 4 members (excludes halogenated alkanes) is 23. The predicted molar refractivity (Wildman–Crippen MR) is 295 cm³/mol. The third-order valence-corrected chi connectivity index (χ3v) is 16.0. The molecule has 22 nitrogen and oxygen atoms in total. The number of ether oxygens (including phenoxy) is 5. The molecular formula is C58H104FN2NaO20. The van der Waals surface area contributed by atoms with Crippen molar-refractivity contribution in [3.05, 3.63) is 12.2 Å². The van der Waals surface area contributed by atoms with Gasteiger partial charge < -0.3 is 95.4 Å². The van der Waals surface area contributed by atoms with Crippen molar-refractivity contribution >= 4 is 17.8 Å². The summed E-state index contributed by atoms with van der Waals surface area (Å²) in [6.45, 7) is 1.73. The zero-order valence-electron chi connectivity index (χ0n) is 49.4. The molecule has 24 heteroatoms. The molecule has 3 aliphatic rings. The van der Waals surface area contributed by atoms with E-state index in [1.165, 1.54) is 103 Å². The van der Waals surface area contributed by atoms with E-state index in [4.69, 9.17) is 23.7 Å². The first-order chi connectivity index (χ1) is 38.8. The summed E-state index contributed by atoms with van der Waals surface area (Å²) in [4.78, 5) is 30.0. The fourth-order valence-corrected chi connectivity index (χ4v) is 11.1. The Balaban J connectivity index is 0.0000230. The quantitative estimate of drug-likeness (QED) is 0.0122. The minimum absolute atomic E-state index is 0. The number of carbonyl (C=O) groups excluding carboxylic acids is 1. The van der Waals surface area contributed by atoms with Crippen molar-refractivity contribution in [1.29, 1.82) is 0 Å². The number of halogens is 1. The number of aliphatic hydroxyl groups excluding tert-OH is 11. The Morgan fingerprint density at radius 1 is 0.720 bits per heavy atom. The molecule has 0 radical (unpaired) electrons. The first kappa shape index (κ1) is 76.5. The molecule has 0 unspecified atom stereocenters. The number of nitrogens with zero attached hydrogens (tertiary/aromatic N) is 1. The first-order valence-electron chi connectivity index (χ1n) is 30.4. The number of carboxylic acid groups (broad SMARTS) is 1. The van der Waals surface area contributed by atoms with E-state index in [1.54, 1.807) is 6.08 Å². The van der Waals surface area contributed by atoms with Crippen LogP contribution in [0.25, 0.3) is 0 Å². The molecule has 0 aromatic carbocycles. The van der Waals surface area contributed by atoms with Crippen molar-refractivity contribution in [2.75, 3.05) is 26.4 Å². The smallest absolute Gasteiger partial charge is 0.862 e. The number of allylic oxidation sites excluding steroid dienone is 1. The molecule has 3 rings (SSSR count). The van der Waals surface area contributed by atoms with Crippen LogP contribution in [0.4, 0.5) is 4.39 Å². The summed E-state index contributed by atoms with van der Waals surface area (Å²) in [5, 5.41) is 145. The molecule has 1 amide bonds. The molecule has 0 aromatic rings. The number of alkyl halides is 1. The van der Waals surface area contributed by atoms with Gasteiger partial charge in [-0.15, -0.1) is 0 Å². The van der Waals surface area contributed by atoms with Gasteiger partial charge in [0, 0.05) is 12.8 Å². The summed E-state index contributed by atoms with van der Waals surface area (Å²) in [5.41, 5.74) is -3.31. The van der Waals surface area contributed by atoms with Crippen molar-refractivity contribution in [3.8, 4) is 0 Å². The minimum atomic E-state index is -3.31. The van der Waals surface area contributed by atoms with Crippen LogP contribution in [0.15, 0.2) is 17.1 Å². The zero-order valence-corrected chi connectivity index (χ0v) is 51.4. The Kier molecular flexibility index (Phi) is 39.5. The number of amides is 1. The van der Waals surface area contributed by atoms with Gasteiger partial charge in [-0.05, 0) is 32.1 Å². The normalized spacial score (nSPS) is 30.8. The zero-order chi connectivity index (χ0) is 59.9. The predicted octanol–water partition coefficient (Wildman–Crippen LogP) is -0.357. The van der Waals surface area contributed by atoms with E-state index in [0.717, 1.165) is 51.9 Å². The van der Waals surface area contributed by atoms with Crippen LogP contribution < -0.4 is 40.0 Å². The number of carboxylic acids is 1. The van der Waals surface area contributed by atoms with Gasteiger partial charge in [-0.3, -0.25) is 9.79 Å². The molecule has 0 bridgehead atoms. The van der Waals surface area contributed by atoms with Gasteiger partial charge in [0.05, 0.1) is 56.7 Å². The first-order valence-corrected chi connectivity index (χ1v) is 30.4. The van der Waals surface area contributed by atoms with E-state index < -0.39 is 160 Å². The molecule has 82 heavy (non-hydrogen) atoms. The van der Waals surface area contributed by atoms with Crippen molar-refractivity contribution < 1.29 is 134 Å². The fourth-order valence-electron chi connectivity index (χ4n) is 11.1. The Bertz CT molecular complexity index is 1760. The molecule has 19 atom stereocenters. The van der Waals surface area contributed by atoms with E-state index in [0.29, 0.717) is 12.8 Å². The third kappa shape index (κ3) is 24.9. The van der Waals surface area contributed by atoms with E-state index in [2.05, 4.69) is 24.2 Å². The summed E-state index contributed by atoms with van der Waals surface area (Å²) < 4.78 is 46.0. The monoisotopic (exact) mass is 1190 g/mol. The average Bonchev–Trinajstić information content (AvgIpc) is 3.62. The van der Waals surface area contributed by atoms with Gasteiger partial charge >= 0.3 is 35.5 Å². The van der Waals surface area contributed by atoms with Crippen molar-refractivity contribution in [2.45, 2.75) is 304 Å². The van der Waals surface area contributed by atoms with Crippen LogP contribution in [0.2, 0.25) is 0 Å². The van der Waals surface area contributed by atoms with Crippen LogP contribution in [0, 0.1) is 5.92 Å². The molecule has 474 valence electrons. The van der Waals surface area contributed by atoms with Gasteiger partial charge in [-0.1, -0.05) is 167 Å². The largest absolute Gasteiger partial charge is 1.00 e. The number of hydrogen-bond donors (Lipinski definition) is 13. The maximum absolute atomic E-state index is 17.3. The maximum atomic E-state index is 17.3. The number of aliphatic hydroxyl groups is 11. The molecule has 3 fully saturated rings. The standard InChI is InChI=1S/C58H105FN2O20.Na/c1-4-6-8-10-12-14-16-18-20-22-24-26-28-30-39(66)38(61-44(69)31-29-27-25-23-21-19-17-15-13-11-9-7-5-2)36-77-55-51(74)50(73)52(43(35-64)79-55)80-56-49(72)45(48(71)42(34-63)78-56)54(59)58(57(75)76)32-40(67)46(60-37(3)65)53(81-58)47(70)41(68)33-62;/h28,30,38-43,45-56,62-64,66-68,70-74H,4-27,29,31-36H2,1-3H3,(H,60,65)(H,61,69)(H,75,76);/q;+1/p-1/b30-28+;/t38-,39-,40+,41-,42-,43-,45+,46-,47-,48+,49-,50-,51-,52-,53-,54+,55-,56+,58+;/m1./s1. The van der Waals surface area contributed by atoms with Gasteiger partial charge in [0.15, 0.2) is 18.2 Å². The van der Waals surface area contributed by atoms with Crippen LogP contribution >= 0.6 is 0 Å². The Morgan fingerprint density at radius 2 is 1.22 bits per heavy atom. The number of carbonyl (C=O) groups is 2. The second-order valence-corrected chi connectivity index (χ2v) is 22.7. The van der Waals surface area contributed by atoms with Gasteiger partial charge in [0.2, 0.25) is 5.91 Å². The Hall–Kier alpha value is -1.56. The van der Waals surface area contributed by atoms with E-state index >= 15 is 4.39 Å². The number of hydrogen-bond acceptors (Lipinski definition) is 20. The maximum Gasteiger partial charge on any atom is 1.00 e. The Labute approximate surface area is 507 Å². The molecule has 0 aliphatic carbocycles. The summed E-state index contributed by atoms with van der Waals surface area (Å²) in [7, 11) is 0. The van der Waals surface area contributed by atoms with Gasteiger partial charge in [-0.25, -0.2) is 9.18 Å². The number of nitrogens with one attached hydrogen (secondary N) is 1. The SMILES string of the molecule is CCCCCCCCCCCCC/C=C/[C@@H](O)[C@@H](CO[C@@H]1O[C@H](CO)[C@@H](O[C@@H]2O[C@H](CO)[C@H](O)[C@H]([C@H](F)[C@]3(C(=O)O)C[C@H](O)[C@@H](N=C(C)[O-])[C@H]([C@H](O)[C@H](O)CO)O3)[C@H]2O)[C@H](O)[C@H]1O)NC(=O)CCCCCCCCCCCCCCC.[Na+]. The van der Waals surface area contributed by atoms with Gasteiger partial charge in [0.1, 0.15) is 67.1 Å². The van der Waals surface area contributed by atoms with Crippen LogP contribution in [0.3, 0.4) is 0 Å². The van der Waals surface area contributed by atoms with Crippen molar-refractivity contribution in [2.24, 2.45) is 10.9 Å². The van der Waals surface area contributed by atoms with Crippen LogP contribution in [0.1, 0.15) is 194 Å². The Morgan fingerprint density at radius 3 is 1.71 bits per heavy atom. The van der Waals surface area contributed by atoms with E-state index in [1.807, 2.05) is 6.08 Å². The minimum Gasteiger partial charge on any atom is -0.862 e. The van der Waals surface area contributed by atoms with Gasteiger partial charge in [0.25, 0.3) is 0 Å². The van der Waals surface area contributed by atoms with Crippen LogP contribution in [-0.2, 0) is 33.3 Å². The summed E-state index contributed by atoms with van der Waals surface area (Å²) in [6, 6.07) is -2.86. The molecule has 3 aliphatic heterocycles. The number of rotatable bonds is 43. The van der Waals surface area contributed by atoms with Crippen LogP contribution in [0.5, 0.6) is 0 Å². The third-order valence-electron chi connectivity index (χ3n) is 16.0. The molecule has 3 saturated heterocycles. The molecule has 0 spiro atoms. The average molecular weight is 1190 g/mol. The molecule has 0 aromatic heterocycles. The molecular weight excluding hydrogens is 1090 g/mol. The second kappa shape index (κ2) is 42.3. The molecule has 13 N–H and O–H groups in total. The number of aliphatic carboxylic acids is 1. The topological polar surface area (TPSA) is 371 Å². The van der Waals surface area contributed by atoms with E-state index in [9.17, 15) is 76.0 Å². The van der Waals surface area contributed by atoms with Crippen LogP contribution in [-0.4, -0.2) is 215 Å². The fraction of sp³-hybridized carbons (Fsp3) is 0.914. The molecule has 3 heterocycles. The summed E-state index contributed by atoms with van der Waals surface area (Å²) >= 11 is 0. The van der Waals surface area contributed by atoms with Gasteiger partial charge in [-0.2, -0.15) is 0 Å². The van der Waals surface area contributed by atoms with Crippen molar-refractivity contribution in [3.63, 3.8) is 0 Å². The van der Waals surface area contributed by atoms with E-state index in [-0.39, 0.29) is 41.9 Å². The van der Waals surface area contributed by atoms with Crippen molar-refractivity contribution in [1.82, 2.24) is 5.32 Å². The summed E-state index contributed by atoms with van der Waals surface area (Å²) in [5.74, 6) is -5.79. The number of aliphatic imine (C=N–C) groups is 1.